The molecule has 1 rings (SSSR count). The van der Waals surface area contributed by atoms with Crippen LogP contribution in [0.2, 0.25) is 0 Å². The van der Waals surface area contributed by atoms with Gasteiger partial charge in [0.1, 0.15) is 5.60 Å². The lowest BCUT2D eigenvalue weighted by Crippen LogP contribution is -2.43. The van der Waals surface area contributed by atoms with Gasteiger partial charge in [-0.3, -0.25) is 0 Å². The fraction of sp³-hybridized carbons (Fsp3) is 0.944. The summed E-state index contributed by atoms with van der Waals surface area (Å²) in [5.41, 5.74) is -0.199. The molecule has 1 fully saturated rings. The van der Waals surface area contributed by atoms with Crippen molar-refractivity contribution in [3.63, 3.8) is 0 Å². The molecule has 0 spiro atoms. The highest BCUT2D eigenvalue weighted by atomic mass is 16.6. The SMILES string of the molecule is CC(C)(CCCO)CNCC1CCN(C(=O)OC(C)(C)C)CC1. The minimum atomic E-state index is -0.421. The number of rotatable bonds is 7. The lowest BCUT2D eigenvalue weighted by molar-refractivity contribution is 0.0183. The van der Waals surface area contributed by atoms with Crippen molar-refractivity contribution in [3.8, 4) is 0 Å². The fourth-order valence-electron chi connectivity index (χ4n) is 2.91. The maximum atomic E-state index is 12.0. The number of ether oxygens (including phenoxy) is 1. The largest absolute Gasteiger partial charge is 0.444 e. The highest BCUT2D eigenvalue weighted by Crippen LogP contribution is 2.22. The topological polar surface area (TPSA) is 61.8 Å². The van der Waals surface area contributed by atoms with Crippen molar-refractivity contribution in [3.05, 3.63) is 0 Å². The van der Waals surface area contributed by atoms with Crippen LogP contribution >= 0.6 is 0 Å². The number of aliphatic hydroxyl groups is 1. The van der Waals surface area contributed by atoms with E-state index in [9.17, 15) is 4.79 Å². The van der Waals surface area contributed by atoms with Gasteiger partial charge < -0.3 is 20.1 Å². The van der Waals surface area contributed by atoms with Gasteiger partial charge in [-0.25, -0.2) is 4.79 Å². The van der Waals surface area contributed by atoms with Crippen molar-refractivity contribution < 1.29 is 14.6 Å². The van der Waals surface area contributed by atoms with Gasteiger partial charge in [0.25, 0.3) is 0 Å². The first kappa shape index (κ1) is 20.2. The molecule has 0 bridgehead atoms. The van der Waals surface area contributed by atoms with Crippen LogP contribution in [0.3, 0.4) is 0 Å². The highest BCUT2D eigenvalue weighted by molar-refractivity contribution is 5.68. The smallest absolute Gasteiger partial charge is 0.410 e. The van der Waals surface area contributed by atoms with Gasteiger partial charge >= 0.3 is 6.09 Å². The third-order valence-corrected chi connectivity index (χ3v) is 4.31. The van der Waals surface area contributed by atoms with E-state index in [0.29, 0.717) is 5.92 Å². The van der Waals surface area contributed by atoms with Crippen molar-refractivity contribution >= 4 is 6.09 Å². The van der Waals surface area contributed by atoms with Crippen LogP contribution in [0.1, 0.15) is 60.3 Å². The van der Waals surface area contributed by atoms with E-state index in [2.05, 4.69) is 19.2 Å². The summed E-state index contributed by atoms with van der Waals surface area (Å²) in [6, 6.07) is 0. The van der Waals surface area contributed by atoms with Gasteiger partial charge in [-0.15, -0.1) is 0 Å². The van der Waals surface area contributed by atoms with Gasteiger partial charge in [0.05, 0.1) is 0 Å². The zero-order valence-electron chi connectivity index (χ0n) is 15.7. The Kier molecular flexibility index (Phi) is 7.81. The Hall–Kier alpha value is -0.810. The van der Waals surface area contributed by atoms with E-state index in [1.807, 2.05) is 25.7 Å². The molecule has 1 heterocycles. The van der Waals surface area contributed by atoms with Gasteiger partial charge in [-0.05, 0) is 64.3 Å². The normalized spacial score (nSPS) is 17.4. The Labute approximate surface area is 141 Å². The zero-order valence-corrected chi connectivity index (χ0v) is 15.7. The minimum absolute atomic E-state index is 0.186. The maximum absolute atomic E-state index is 12.0. The van der Waals surface area contributed by atoms with Crippen LogP contribution in [0.15, 0.2) is 0 Å². The molecule has 1 aliphatic heterocycles. The molecule has 0 atom stereocenters. The van der Waals surface area contributed by atoms with E-state index >= 15 is 0 Å². The van der Waals surface area contributed by atoms with Crippen molar-refractivity contribution in [1.29, 1.82) is 0 Å². The number of nitrogens with zero attached hydrogens (tertiary/aromatic N) is 1. The molecule has 2 N–H and O–H groups in total. The van der Waals surface area contributed by atoms with Crippen LogP contribution in [-0.4, -0.2) is 54.5 Å². The first-order chi connectivity index (χ1) is 10.6. The number of nitrogens with one attached hydrogen (secondary N) is 1. The number of carbonyl (C=O) groups excluding carboxylic acids is 1. The van der Waals surface area contributed by atoms with Crippen molar-refractivity contribution in [1.82, 2.24) is 10.2 Å². The number of carbonyl (C=O) groups is 1. The lowest BCUT2D eigenvalue weighted by Gasteiger charge is -2.34. The summed E-state index contributed by atoms with van der Waals surface area (Å²) in [6.07, 6.45) is 3.78. The van der Waals surface area contributed by atoms with Crippen molar-refractivity contribution in [2.24, 2.45) is 11.3 Å². The van der Waals surface area contributed by atoms with E-state index in [1.54, 1.807) is 0 Å². The number of likely N-dealkylation sites (tertiary alicyclic amines) is 1. The Morgan fingerprint density at radius 3 is 2.35 bits per heavy atom. The average molecular weight is 328 g/mol. The molecule has 0 aromatic rings. The molecule has 23 heavy (non-hydrogen) atoms. The van der Waals surface area contributed by atoms with Crippen LogP contribution in [0.25, 0.3) is 0 Å². The number of amides is 1. The van der Waals surface area contributed by atoms with Crippen LogP contribution in [-0.2, 0) is 4.74 Å². The molecule has 5 heteroatoms. The standard InChI is InChI=1S/C18H36N2O3/c1-17(2,3)23-16(22)20-10-7-15(8-11-20)13-19-14-18(4,5)9-6-12-21/h15,19,21H,6-14H2,1-5H3. The molecule has 1 amide bonds. The molecule has 1 aliphatic rings. The highest BCUT2D eigenvalue weighted by Gasteiger charge is 2.27. The summed E-state index contributed by atoms with van der Waals surface area (Å²) in [5.74, 6) is 0.627. The van der Waals surface area contributed by atoms with Gasteiger partial charge in [-0.2, -0.15) is 0 Å². The first-order valence-electron chi connectivity index (χ1n) is 8.92. The van der Waals surface area contributed by atoms with E-state index < -0.39 is 5.60 Å². The molecule has 1 saturated heterocycles. The molecule has 0 unspecified atom stereocenters. The summed E-state index contributed by atoms with van der Waals surface area (Å²) in [6.45, 7) is 14.0. The predicted octanol–water partition coefficient (Wildman–Crippen LogP) is 3.02. The molecule has 0 radical (unpaired) electrons. The molecular formula is C18H36N2O3. The zero-order chi connectivity index (χ0) is 17.5. The fourth-order valence-corrected chi connectivity index (χ4v) is 2.91. The molecule has 5 nitrogen and oxygen atoms in total. The third-order valence-electron chi connectivity index (χ3n) is 4.31. The van der Waals surface area contributed by atoms with E-state index in [-0.39, 0.29) is 18.1 Å². The maximum Gasteiger partial charge on any atom is 0.410 e. The summed E-state index contributed by atoms with van der Waals surface area (Å²) >= 11 is 0. The second-order valence-electron chi connectivity index (χ2n) is 8.53. The monoisotopic (exact) mass is 328 g/mol. The van der Waals surface area contributed by atoms with Crippen LogP contribution in [0, 0.1) is 11.3 Å². The second kappa shape index (κ2) is 8.88. The lowest BCUT2D eigenvalue weighted by atomic mass is 9.87. The van der Waals surface area contributed by atoms with Gasteiger partial charge in [-0.1, -0.05) is 13.8 Å². The van der Waals surface area contributed by atoms with Crippen LogP contribution in [0.4, 0.5) is 4.79 Å². The van der Waals surface area contributed by atoms with Crippen molar-refractivity contribution in [2.45, 2.75) is 65.9 Å². The Bertz CT molecular complexity index is 356. The minimum Gasteiger partial charge on any atom is -0.444 e. The van der Waals surface area contributed by atoms with Crippen molar-refractivity contribution in [2.75, 3.05) is 32.8 Å². The molecule has 0 saturated carbocycles. The van der Waals surface area contributed by atoms with E-state index in [0.717, 1.165) is 51.9 Å². The summed E-state index contributed by atoms with van der Waals surface area (Å²) in [7, 11) is 0. The molecule has 0 aromatic heterocycles. The number of aliphatic hydroxyl groups excluding tert-OH is 1. The van der Waals surface area contributed by atoms with Crippen LogP contribution in [0.5, 0.6) is 0 Å². The van der Waals surface area contributed by atoms with E-state index in [1.165, 1.54) is 0 Å². The van der Waals surface area contributed by atoms with Crippen LogP contribution < -0.4 is 5.32 Å². The predicted molar refractivity (Wildman–Crippen MR) is 93.5 cm³/mol. The number of hydrogen-bond donors (Lipinski definition) is 2. The summed E-state index contributed by atoms with van der Waals surface area (Å²) < 4.78 is 5.43. The second-order valence-corrected chi connectivity index (χ2v) is 8.53. The molecule has 0 aromatic carbocycles. The summed E-state index contributed by atoms with van der Waals surface area (Å²) in [5, 5.41) is 12.5. The van der Waals surface area contributed by atoms with E-state index in [4.69, 9.17) is 9.84 Å². The molecule has 136 valence electrons. The Morgan fingerprint density at radius 2 is 1.83 bits per heavy atom. The molecule has 0 aliphatic carbocycles. The van der Waals surface area contributed by atoms with Gasteiger partial charge in [0, 0.05) is 26.2 Å². The van der Waals surface area contributed by atoms with Gasteiger partial charge in [0.2, 0.25) is 0 Å². The average Bonchev–Trinajstić information content (AvgIpc) is 2.44. The number of piperidine rings is 1. The molecular weight excluding hydrogens is 292 g/mol. The summed E-state index contributed by atoms with van der Waals surface area (Å²) in [4.78, 5) is 13.9. The quantitative estimate of drug-likeness (QED) is 0.754. The third kappa shape index (κ3) is 8.56. The Balaban J connectivity index is 2.23. The van der Waals surface area contributed by atoms with Gasteiger partial charge in [0.15, 0.2) is 0 Å². The Morgan fingerprint density at radius 1 is 1.22 bits per heavy atom. The number of hydrogen-bond acceptors (Lipinski definition) is 4. The first-order valence-corrected chi connectivity index (χ1v) is 8.92.